The van der Waals surface area contributed by atoms with Crippen LogP contribution in [0.25, 0.3) is 0 Å². The van der Waals surface area contributed by atoms with Gasteiger partial charge in [-0.15, -0.1) is 10.2 Å². The van der Waals surface area contributed by atoms with Crippen LogP contribution in [0.1, 0.15) is 56.5 Å². The minimum absolute atomic E-state index is 0.0118. The molecule has 2 unspecified atom stereocenters. The Morgan fingerprint density at radius 2 is 1.60 bits per heavy atom. The van der Waals surface area contributed by atoms with Crippen LogP contribution in [0.3, 0.4) is 0 Å². The highest BCUT2D eigenvalue weighted by Gasteiger charge is 2.70. The Morgan fingerprint density at radius 3 is 2.17 bits per heavy atom. The Bertz CT molecular complexity index is 903. The summed E-state index contributed by atoms with van der Waals surface area (Å²) in [6.07, 6.45) is 2.17. The summed E-state index contributed by atoms with van der Waals surface area (Å²) < 4.78 is 49.2. The molecule has 0 saturated carbocycles. The summed E-state index contributed by atoms with van der Waals surface area (Å²) in [5.74, 6) is -0.720. The largest absolute Gasteiger partial charge is 0.348 e. The molecule has 0 fully saturated rings. The standard InChI is InChI=1S/C21H25ClNO2.ClHO4/c1-5-24-21(25-6-2)18-16-13-14(22)10-11-15(16)19(20(21,3)4)23-12-8-7-9-17(18)23;2-1(3,4)5/h7-13,18-19H,5-6H2,1-4H3;(H,2,3,4,5)/q+1;/p-1. The predicted octanol–water partition coefficient (Wildman–Crippen LogP) is -0.285. The minimum atomic E-state index is -4.94. The molecule has 1 aromatic carbocycles. The van der Waals surface area contributed by atoms with Crippen molar-refractivity contribution < 1.29 is 42.9 Å². The van der Waals surface area contributed by atoms with E-state index in [1.165, 1.54) is 16.8 Å². The van der Waals surface area contributed by atoms with Crippen LogP contribution in [0.15, 0.2) is 42.6 Å². The van der Waals surface area contributed by atoms with E-state index in [1.54, 1.807) is 0 Å². The number of hydrogen-bond acceptors (Lipinski definition) is 6. The molecular weight excluding hydrogens is 433 g/mol. The normalized spacial score (nSPS) is 22.6. The molecule has 0 radical (unpaired) electrons. The number of ether oxygens (including phenoxy) is 2. The average Bonchev–Trinajstić information content (AvgIpc) is 2.63. The van der Waals surface area contributed by atoms with Crippen molar-refractivity contribution in [3.63, 3.8) is 0 Å². The maximum Gasteiger partial charge on any atom is 0.196 e. The van der Waals surface area contributed by atoms with Crippen LogP contribution in [-0.4, -0.2) is 19.0 Å². The van der Waals surface area contributed by atoms with E-state index in [0.717, 1.165) is 5.02 Å². The summed E-state index contributed by atoms with van der Waals surface area (Å²) in [5, 5.41) is 0.758. The van der Waals surface area contributed by atoms with E-state index in [-0.39, 0.29) is 17.4 Å². The Balaban J connectivity index is 0.000000461. The van der Waals surface area contributed by atoms with Crippen LogP contribution in [-0.2, 0) is 9.47 Å². The lowest BCUT2D eigenvalue weighted by molar-refractivity contribution is -2.00. The third-order valence-corrected chi connectivity index (χ3v) is 6.07. The van der Waals surface area contributed by atoms with E-state index in [0.29, 0.717) is 13.2 Å². The van der Waals surface area contributed by atoms with Gasteiger partial charge in [0.1, 0.15) is 5.92 Å². The topological polar surface area (TPSA) is 115 Å². The molecule has 5 rings (SSSR count). The number of rotatable bonds is 4. The Hall–Kier alpha value is -1.29. The zero-order valence-corrected chi connectivity index (χ0v) is 18.8. The summed E-state index contributed by atoms with van der Waals surface area (Å²) in [5.41, 5.74) is 3.54. The van der Waals surface area contributed by atoms with E-state index >= 15 is 0 Å². The van der Waals surface area contributed by atoms with Crippen molar-refractivity contribution in [2.45, 2.75) is 45.4 Å². The summed E-state index contributed by atoms with van der Waals surface area (Å²) >= 11 is 6.37. The third kappa shape index (κ3) is 3.85. The summed E-state index contributed by atoms with van der Waals surface area (Å²) in [4.78, 5) is 0. The number of benzene rings is 1. The van der Waals surface area contributed by atoms with Gasteiger partial charge in [0, 0.05) is 35.9 Å². The van der Waals surface area contributed by atoms with Crippen LogP contribution in [0.4, 0.5) is 0 Å². The van der Waals surface area contributed by atoms with Gasteiger partial charge in [-0.25, -0.2) is 18.6 Å². The highest BCUT2D eigenvalue weighted by molar-refractivity contribution is 6.30. The molecule has 30 heavy (non-hydrogen) atoms. The van der Waals surface area contributed by atoms with Crippen molar-refractivity contribution in [1.29, 1.82) is 0 Å². The van der Waals surface area contributed by atoms with Gasteiger partial charge in [-0.1, -0.05) is 23.7 Å². The fraction of sp³-hybridized carbons (Fsp3) is 0.476. The number of fused-ring (bicyclic) bond motifs is 1. The Labute approximate surface area is 183 Å². The van der Waals surface area contributed by atoms with Crippen molar-refractivity contribution >= 4 is 11.6 Å². The first-order valence-electron chi connectivity index (χ1n) is 9.67. The number of nitrogens with zero attached hydrogens (tertiary/aromatic N) is 1. The second kappa shape index (κ2) is 8.33. The van der Waals surface area contributed by atoms with E-state index in [2.05, 4.69) is 54.9 Å². The molecule has 2 atom stereocenters. The van der Waals surface area contributed by atoms with Gasteiger partial charge in [0.25, 0.3) is 0 Å². The fourth-order valence-electron chi connectivity index (χ4n) is 5.01. The van der Waals surface area contributed by atoms with Gasteiger partial charge in [0.2, 0.25) is 0 Å². The van der Waals surface area contributed by atoms with E-state index in [4.69, 9.17) is 39.7 Å². The first-order chi connectivity index (χ1) is 14.0. The Morgan fingerprint density at radius 1 is 1.00 bits per heavy atom. The second-order valence-electron chi connectivity index (χ2n) is 7.77. The lowest BCUT2D eigenvalue weighted by Crippen LogP contribution is -2.71. The van der Waals surface area contributed by atoms with E-state index in [1.807, 2.05) is 19.9 Å². The highest BCUT2D eigenvalue weighted by Crippen LogP contribution is 2.62. The summed E-state index contributed by atoms with van der Waals surface area (Å²) in [6.45, 7) is 9.81. The molecule has 2 aliphatic heterocycles. The van der Waals surface area contributed by atoms with Gasteiger partial charge < -0.3 is 9.47 Å². The van der Waals surface area contributed by atoms with Crippen molar-refractivity contribution in [3.05, 3.63) is 64.4 Å². The number of aromatic nitrogens is 1. The zero-order valence-electron chi connectivity index (χ0n) is 17.3. The molecule has 0 amide bonds. The number of halogens is 2. The third-order valence-electron chi connectivity index (χ3n) is 5.83. The molecule has 2 bridgehead atoms. The maximum absolute atomic E-state index is 8.49. The van der Waals surface area contributed by atoms with Crippen LogP contribution in [0.2, 0.25) is 5.02 Å². The Kier molecular flexibility index (Phi) is 6.49. The van der Waals surface area contributed by atoms with Gasteiger partial charge >= 0.3 is 0 Å². The minimum Gasteiger partial charge on any atom is -0.348 e. The van der Waals surface area contributed by atoms with Crippen LogP contribution in [0.5, 0.6) is 0 Å². The lowest BCUT2D eigenvalue weighted by Gasteiger charge is -2.57. The van der Waals surface area contributed by atoms with Gasteiger partial charge in [-0.2, -0.15) is 4.57 Å². The van der Waals surface area contributed by atoms with Crippen LogP contribution < -0.4 is 23.2 Å². The fourth-order valence-corrected chi connectivity index (χ4v) is 5.19. The van der Waals surface area contributed by atoms with Crippen molar-refractivity contribution in [1.82, 2.24) is 0 Å². The van der Waals surface area contributed by atoms with Crippen molar-refractivity contribution in [2.75, 3.05) is 13.2 Å². The van der Waals surface area contributed by atoms with Gasteiger partial charge in [-0.3, -0.25) is 0 Å². The molecule has 2 aromatic rings. The molecule has 0 spiro atoms. The second-order valence-corrected chi connectivity index (χ2v) is 8.97. The first-order valence-corrected chi connectivity index (χ1v) is 11.3. The molecule has 9 heteroatoms. The summed E-state index contributed by atoms with van der Waals surface area (Å²) in [7, 11) is -4.94. The van der Waals surface area contributed by atoms with E-state index < -0.39 is 16.0 Å². The predicted molar refractivity (Wildman–Crippen MR) is 97.8 cm³/mol. The SMILES string of the molecule is CCOC1(OCC)C2c3cc(Cl)ccc3C([n+]3ccccc32)C1(C)C.[O-][Cl+3]([O-])([O-])[O-]. The zero-order chi connectivity index (χ0) is 22.3. The van der Waals surface area contributed by atoms with Crippen molar-refractivity contribution in [3.8, 4) is 0 Å². The molecule has 7 nitrogen and oxygen atoms in total. The average molecular weight is 458 g/mol. The number of pyridine rings is 1. The maximum atomic E-state index is 8.49. The quantitative estimate of drug-likeness (QED) is 0.460. The molecule has 0 saturated heterocycles. The highest BCUT2D eigenvalue weighted by atomic mass is 35.7. The molecule has 1 aromatic heterocycles. The van der Waals surface area contributed by atoms with Gasteiger partial charge in [-0.05, 0) is 45.4 Å². The molecule has 0 N–H and O–H groups in total. The van der Waals surface area contributed by atoms with Crippen molar-refractivity contribution in [2.24, 2.45) is 5.41 Å². The monoisotopic (exact) mass is 457 g/mol. The van der Waals surface area contributed by atoms with Gasteiger partial charge in [0.15, 0.2) is 23.7 Å². The smallest absolute Gasteiger partial charge is 0.196 e. The number of hydrogen-bond donors (Lipinski definition) is 0. The first kappa shape index (κ1) is 23.4. The molecule has 3 heterocycles. The van der Waals surface area contributed by atoms with Gasteiger partial charge in [0.05, 0.1) is 5.41 Å². The molecular formula is C21H25Cl2NO6. The molecule has 3 aliphatic rings. The van der Waals surface area contributed by atoms with E-state index in [9.17, 15) is 0 Å². The van der Waals surface area contributed by atoms with Crippen LogP contribution in [0, 0.1) is 15.7 Å². The molecule has 164 valence electrons. The molecule has 1 aliphatic carbocycles. The van der Waals surface area contributed by atoms with Crippen LogP contribution >= 0.6 is 11.6 Å². The summed E-state index contributed by atoms with van der Waals surface area (Å²) in [6, 6.07) is 12.8. The lowest BCUT2D eigenvalue weighted by atomic mass is 9.57.